The number of benzene rings is 2. The molecule has 1 saturated heterocycles. The number of amides is 2. The van der Waals surface area contributed by atoms with E-state index in [2.05, 4.69) is 10.2 Å². The summed E-state index contributed by atoms with van der Waals surface area (Å²) >= 11 is 0. The summed E-state index contributed by atoms with van der Waals surface area (Å²) in [5.74, 6) is 1.17. The molecule has 0 unspecified atom stereocenters. The van der Waals surface area contributed by atoms with Gasteiger partial charge in [-0.25, -0.2) is 0 Å². The second kappa shape index (κ2) is 8.65. The molecule has 2 heterocycles. The number of carbonyl (C=O) groups is 2. The monoisotopic (exact) mass is 409 g/mol. The Balaban J connectivity index is 1.39. The summed E-state index contributed by atoms with van der Waals surface area (Å²) in [4.78, 5) is 29.5. The molecule has 4 rings (SSSR count). The van der Waals surface area contributed by atoms with E-state index in [0.29, 0.717) is 35.8 Å². The largest absolute Gasteiger partial charge is 0.493 e. The Morgan fingerprint density at radius 2 is 1.97 bits per heavy atom. The second-order valence-electron chi connectivity index (χ2n) is 7.57. The lowest BCUT2D eigenvalue weighted by molar-refractivity contribution is 0.0589. The summed E-state index contributed by atoms with van der Waals surface area (Å²) in [6.45, 7) is 1.48. The minimum Gasteiger partial charge on any atom is -0.493 e. The summed E-state index contributed by atoms with van der Waals surface area (Å²) in [6.07, 6.45) is 3.19. The van der Waals surface area contributed by atoms with Gasteiger partial charge in [0.25, 0.3) is 11.8 Å². The molecule has 1 fully saturated rings. The van der Waals surface area contributed by atoms with Crippen LogP contribution < -0.4 is 19.7 Å². The summed E-state index contributed by atoms with van der Waals surface area (Å²) in [5.41, 5.74) is 2.02. The van der Waals surface area contributed by atoms with Crippen LogP contribution in [0.1, 0.15) is 40.0 Å². The molecule has 2 amide bonds. The minimum atomic E-state index is -0.187. The molecule has 2 aliphatic rings. The highest BCUT2D eigenvalue weighted by Gasteiger charge is 2.37. The number of nitrogens with one attached hydrogen (secondary N) is 1. The number of methoxy groups -OCH3 is 1. The van der Waals surface area contributed by atoms with Crippen LogP contribution in [-0.4, -0.2) is 56.7 Å². The van der Waals surface area contributed by atoms with Crippen molar-refractivity contribution in [1.82, 2.24) is 10.2 Å². The topological polar surface area (TPSA) is 71.1 Å². The molecular weight excluding hydrogens is 382 g/mol. The predicted octanol–water partition coefficient (Wildman–Crippen LogP) is 2.91. The summed E-state index contributed by atoms with van der Waals surface area (Å²) < 4.78 is 11.0. The number of hydrogen-bond donors (Lipinski definition) is 1. The molecule has 2 aromatic rings. The number of fused-ring (bicyclic) bond motifs is 2. The van der Waals surface area contributed by atoms with Gasteiger partial charge < -0.3 is 24.6 Å². The summed E-state index contributed by atoms with van der Waals surface area (Å²) in [5, 5.41) is 2.88. The van der Waals surface area contributed by atoms with E-state index in [9.17, 15) is 9.59 Å². The number of nitrogens with zero attached hydrogens (tertiary/aromatic N) is 2. The Hall–Kier alpha value is -3.22. The second-order valence-corrected chi connectivity index (χ2v) is 7.57. The van der Waals surface area contributed by atoms with E-state index in [-0.39, 0.29) is 18.0 Å². The Kier molecular flexibility index (Phi) is 5.79. The van der Waals surface area contributed by atoms with E-state index in [1.807, 2.05) is 42.3 Å². The molecule has 0 aromatic heterocycles. The van der Waals surface area contributed by atoms with E-state index in [1.165, 1.54) is 0 Å². The van der Waals surface area contributed by atoms with Gasteiger partial charge in [0.15, 0.2) is 11.5 Å². The highest BCUT2D eigenvalue weighted by molar-refractivity contribution is 6.04. The van der Waals surface area contributed by atoms with Crippen molar-refractivity contribution in [3.05, 3.63) is 53.6 Å². The first-order valence-electron chi connectivity index (χ1n) is 10.3. The zero-order valence-corrected chi connectivity index (χ0v) is 17.4. The van der Waals surface area contributed by atoms with E-state index >= 15 is 0 Å². The molecule has 30 heavy (non-hydrogen) atoms. The van der Waals surface area contributed by atoms with Crippen LogP contribution in [0.5, 0.6) is 11.5 Å². The minimum absolute atomic E-state index is 0.0602. The van der Waals surface area contributed by atoms with Gasteiger partial charge in [-0.3, -0.25) is 9.59 Å². The normalized spacial score (nSPS) is 17.8. The molecular formula is C23H27N3O4. The Bertz CT molecular complexity index is 946. The van der Waals surface area contributed by atoms with Crippen LogP contribution in [0.25, 0.3) is 0 Å². The fourth-order valence-electron chi connectivity index (χ4n) is 4.18. The van der Waals surface area contributed by atoms with Crippen molar-refractivity contribution in [3.8, 4) is 11.5 Å². The quantitative estimate of drug-likeness (QED) is 0.743. The number of ether oxygens (including phenoxy) is 2. The number of para-hydroxylation sites is 2. The van der Waals surface area contributed by atoms with E-state index in [0.717, 1.165) is 31.5 Å². The zero-order valence-electron chi connectivity index (χ0n) is 17.4. The van der Waals surface area contributed by atoms with Crippen molar-refractivity contribution in [2.24, 2.45) is 0 Å². The van der Waals surface area contributed by atoms with Crippen molar-refractivity contribution in [3.63, 3.8) is 0 Å². The highest BCUT2D eigenvalue weighted by Crippen LogP contribution is 2.34. The van der Waals surface area contributed by atoms with Crippen LogP contribution in [0.3, 0.4) is 0 Å². The standard InChI is InChI=1S/C23H27N3O4/c1-25-18-15-16(10-11-17(18)23(28)26-13-6-5-9-21(25)26)22(27)24-12-14-30-20-8-4-3-7-19(20)29-2/h3-4,7-8,10-11,15,21H,5-6,9,12-14H2,1-2H3,(H,24,27)/t21-/m0/s1. The lowest BCUT2D eigenvalue weighted by Gasteiger charge is -2.46. The van der Waals surface area contributed by atoms with Crippen LogP contribution in [-0.2, 0) is 0 Å². The Morgan fingerprint density at radius 3 is 2.77 bits per heavy atom. The Labute approximate surface area is 176 Å². The SMILES string of the molecule is COc1ccccc1OCCNC(=O)c1ccc2c(c1)N(C)[C@@H]1CCCCN1C2=O. The number of rotatable bonds is 6. The smallest absolute Gasteiger partial charge is 0.257 e. The molecule has 2 aliphatic heterocycles. The van der Waals surface area contributed by atoms with Crippen LogP contribution in [0.2, 0.25) is 0 Å². The van der Waals surface area contributed by atoms with Gasteiger partial charge in [0, 0.05) is 19.2 Å². The molecule has 7 heteroatoms. The van der Waals surface area contributed by atoms with Gasteiger partial charge in [0.2, 0.25) is 0 Å². The molecule has 0 bridgehead atoms. The zero-order chi connectivity index (χ0) is 21.1. The number of carbonyl (C=O) groups excluding carboxylic acids is 2. The molecule has 1 N–H and O–H groups in total. The van der Waals surface area contributed by atoms with E-state index in [4.69, 9.17) is 9.47 Å². The number of anilines is 1. The van der Waals surface area contributed by atoms with E-state index < -0.39 is 0 Å². The van der Waals surface area contributed by atoms with Crippen LogP contribution in [0.4, 0.5) is 5.69 Å². The third-order valence-electron chi connectivity index (χ3n) is 5.76. The average molecular weight is 409 g/mol. The van der Waals surface area contributed by atoms with E-state index in [1.54, 1.807) is 19.2 Å². The molecule has 0 saturated carbocycles. The van der Waals surface area contributed by atoms with Crippen molar-refractivity contribution >= 4 is 17.5 Å². The maximum absolute atomic E-state index is 12.8. The third-order valence-corrected chi connectivity index (χ3v) is 5.76. The third kappa shape index (κ3) is 3.79. The lowest BCUT2D eigenvalue weighted by atomic mass is 9.97. The fraction of sp³-hybridized carbons (Fsp3) is 0.391. The molecule has 0 aliphatic carbocycles. The molecule has 1 atom stereocenters. The first-order valence-corrected chi connectivity index (χ1v) is 10.3. The molecule has 158 valence electrons. The van der Waals surface area contributed by atoms with Gasteiger partial charge in [0.1, 0.15) is 12.8 Å². The lowest BCUT2D eigenvalue weighted by Crippen LogP contribution is -2.55. The van der Waals surface area contributed by atoms with Crippen LogP contribution >= 0.6 is 0 Å². The van der Waals surface area contributed by atoms with Gasteiger partial charge in [0.05, 0.1) is 24.9 Å². The van der Waals surface area contributed by atoms with Crippen molar-refractivity contribution < 1.29 is 19.1 Å². The van der Waals surface area contributed by atoms with Crippen LogP contribution in [0, 0.1) is 0 Å². The number of piperidine rings is 1. The first kappa shape index (κ1) is 20.1. The molecule has 7 nitrogen and oxygen atoms in total. The molecule has 0 radical (unpaired) electrons. The van der Waals surface area contributed by atoms with Crippen molar-refractivity contribution in [2.75, 3.05) is 38.8 Å². The summed E-state index contributed by atoms with van der Waals surface area (Å²) in [6, 6.07) is 12.7. The Morgan fingerprint density at radius 1 is 1.17 bits per heavy atom. The fourth-order valence-corrected chi connectivity index (χ4v) is 4.18. The summed E-state index contributed by atoms with van der Waals surface area (Å²) in [7, 11) is 3.59. The van der Waals surface area contributed by atoms with Gasteiger partial charge >= 0.3 is 0 Å². The predicted molar refractivity (Wildman–Crippen MR) is 114 cm³/mol. The van der Waals surface area contributed by atoms with Crippen molar-refractivity contribution in [1.29, 1.82) is 0 Å². The van der Waals surface area contributed by atoms with Crippen molar-refractivity contribution in [2.45, 2.75) is 25.4 Å². The molecule has 2 aromatic carbocycles. The maximum atomic E-state index is 12.8. The van der Waals surface area contributed by atoms with Crippen LogP contribution in [0.15, 0.2) is 42.5 Å². The number of hydrogen-bond acceptors (Lipinski definition) is 5. The average Bonchev–Trinajstić information content (AvgIpc) is 2.80. The van der Waals surface area contributed by atoms with Gasteiger partial charge in [-0.2, -0.15) is 0 Å². The first-order chi connectivity index (χ1) is 14.6. The maximum Gasteiger partial charge on any atom is 0.257 e. The highest BCUT2D eigenvalue weighted by atomic mass is 16.5. The van der Waals surface area contributed by atoms with Gasteiger partial charge in [-0.1, -0.05) is 12.1 Å². The van der Waals surface area contributed by atoms with Gasteiger partial charge in [-0.05, 0) is 49.6 Å². The van der Waals surface area contributed by atoms with Gasteiger partial charge in [-0.15, -0.1) is 0 Å². The molecule has 0 spiro atoms.